The van der Waals surface area contributed by atoms with E-state index in [4.69, 9.17) is 10.00 Å². The van der Waals surface area contributed by atoms with Crippen LogP contribution in [0.25, 0.3) is 10.8 Å². The molecule has 2 heterocycles. The van der Waals surface area contributed by atoms with Gasteiger partial charge in [0.05, 0.1) is 33.8 Å². The highest BCUT2D eigenvalue weighted by atomic mass is 19.4. The molecule has 0 unspecified atom stereocenters. The second kappa shape index (κ2) is 19.1. The van der Waals surface area contributed by atoms with Gasteiger partial charge in [-0.05, 0) is 86.0 Å². The monoisotopic (exact) mass is 841 g/mol. The van der Waals surface area contributed by atoms with Gasteiger partial charge in [-0.2, -0.15) is 23.5 Å². The first-order valence-corrected chi connectivity index (χ1v) is 19.6. The summed E-state index contributed by atoms with van der Waals surface area (Å²) in [6, 6.07) is 22.3. The molecule has 61 heavy (non-hydrogen) atoms. The lowest BCUT2D eigenvalue weighted by Crippen LogP contribution is -2.50. The summed E-state index contributed by atoms with van der Waals surface area (Å²) in [5, 5.41) is 33.0. The molecular weight excluding hydrogens is 799 g/mol. The number of nitrogens with zero attached hydrogens (tertiary/aromatic N) is 4. The van der Waals surface area contributed by atoms with Crippen molar-refractivity contribution < 1.29 is 41.8 Å². The summed E-state index contributed by atoms with van der Waals surface area (Å²) in [4.78, 5) is 54.4. The van der Waals surface area contributed by atoms with E-state index in [1.165, 1.54) is 18.2 Å². The van der Waals surface area contributed by atoms with E-state index in [1.807, 2.05) is 0 Å². The Morgan fingerprint density at radius 1 is 0.902 bits per heavy atom. The smallest absolute Gasteiger partial charge is 0.417 e. The van der Waals surface area contributed by atoms with Gasteiger partial charge in [0.15, 0.2) is 5.60 Å². The molecule has 6 rings (SSSR count). The summed E-state index contributed by atoms with van der Waals surface area (Å²) in [6.07, 6.45) is -1.92. The van der Waals surface area contributed by atoms with Crippen LogP contribution in [0.5, 0.6) is 5.75 Å². The second-order valence-corrected chi connectivity index (χ2v) is 14.9. The number of rotatable bonds is 15. The van der Waals surface area contributed by atoms with E-state index in [-0.39, 0.29) is 42.2 Å². The van der Waals surface area contributed by atoms with Gasteiger partial charge in [-0.1, -0.05) is 30.7 Å². The van der Waals surface area contributed by atoms with Crippen LogP contribution in [0.4, 0.5) is 28.9 Å². The maximum Gasteiger partial charge on any atom is 0.417 e. The summed E-state index contributed by atoms with van der Waals surface area (Å²) < 4.78 is 60.4. The van der Waals surface area contributed by atoms with Crippen molar-refractivity contribution in [1.82, 2.24) is 20.0 Å². The van der Waals surface area contributed by atoms with Gasteiger partial charge < -0.3 is 30.3 Å². The molecule has 3 amide bonds. The van der Waals surface area contributed by atoms with Crippen molar-refractivity contribution in [3.8, 4) is 11.8 Å². The Labute approximate surface area is 347 Å². The number of aromatic nitrogens is 2. The lowest BCUT2D eigenvalue weighted by Gasteiger charge is -2.35. The van der Waals surface area contributed by atoms with Gasteiger partial charge >= 0.3 is 6.18 Å². The SMILES string of the molecule is C[C@](O)(COc1ccc(NCCCCCC(=O)N2CCN(C(=O)c3cc(Cc4n[nH]c(=O)c5ccccc45)ccc3F)CC2)cc1)C(=O)Nc1ccc(C#N)c(C(F)(F)F)c1. The lowest BCUT2D eigenvalue weighted by molar-refractivity contribution is -0.138. The molecule has 0 spiro atoms. The van der Waals surface area contributed by atoms with Crippen molar-refractivity contribution in [3.63, 3.8) is 0 Å². The molecule has 1 aliphatic rings. The Bertz CT molecular complexity index is 2490. The molecule has 1 aromatic heterocycles. The Morgan fingerprint density at radius 2 is 1.59 bits per heavy atom. The third kappa shape index (κ3) is 11.1. The number of benzene rings is 4. The minimum absolute atomic E-state index is 0.00856. The molecule has 1 fully saturated rings. The van der Waals surface area contributed by atoms with E-state index in [1.54, 1.807) is 64.4 Å². The molecule has 17 heteroatoms. The van der Waals surface area contributed by atoms with Crippen LogP contribution in [0, 0.1) is 17.1 Å². The number of hydrogen-bond donors (Lipinski definition) is 4. The summed E-state index contributed by atoms with van der Waals surface area (Å²) in [7, 11) is 0. The van der Waals surface area contributed by atoms with Gasteiger partial charge in [0.1, 0.15) is 18.2 Å². The van der Waals surface area contributed by atoms with Crippen LogP contribution in [-0.2, 0) is 22.2 Å². The summed E-state index contributed by atoms with van der Waals surface area (Å²) >= 11 is 0. The molecule has 4 aromatic carbocycles. The summed E-state index contributed by atoms with van der Waals surface area (Å²) in [5.74, 6) is -1.76. The fraction of sp³-hybridized carbons (Fsp3) is 0.318. The number of nitriles is 1. The van der Waals surface area contributed by atoms with E-state index in [0.29, 0.717) is 66.3 Å². The molecule has 318 valence electrons. The maximum atomic E-state index is 14.9. The highest BCUT2D eigenvalue weighted by Gasteiger charge is 2.36. The van der Waals surface area contributed by atoms with Gasteiger partial charge in [0.2, 0.25) is 5.91 Å². The van der Waals surface area contributed by atoms with Crippen LogP contribution in [0.15, 0.2) is 89.7 Å². The van der Waals surface area contributed by atoms with Crippen LogP contribution < -0.4 is 20.9 Å². The van der Waals surface area contributed by atoms with Crippen LogP contribution in [-0.4, -0.2) is 87.8 Å². The Hall–Kier alpha value is -6.80. The second-order valence-electron chi connectivity index (χ2n) is 14.9. The lowest BCUT2D eigenvalue weighted by atomic mass is 10.0. The number of alkyl halides is 3. The molecular formula is C44H43F4N7O6. The van der Waals surface area contributed by atoms with Crippen LogP contribution in [0.3, 0.4) is 0 Å². The Kier molecular flexibility index (Phi) is 13.7. The summed E-state index contributed by atoms with van der Waals surface area (Å²) in [6.45, 7) is 2.54. The number of amides is 3. The van der Waals surface area contributed by atoms with Crippen molar-refractivity contribution in [2.24, 2.45) is 0 Å². The van der Waals surface area contributed by atoms with Crippen LogP contribution in [0.1, 0.15) is 65.3 Å². The topological polar surface area (TPSA) is 181 Å². The number of piperazine rings is 1. The molecule has 13 nitrogen and oxygen atoms in total. The van der Waals surface area contributed by atoms with E-state index in [0.717, 1.165) is 37.6 Å². The van der Waals surface area contributed by atoms with Gasteiger partial charge in [-0.15, -0.1) is 0 Å². The number of aromatic amines is 1. The number of anilines is 2. The van der Waals surface area contributed by atoms with E-state index in [2.05, 4.69) is 20.8 Å². The van der Waals surface area contributed by atoms with Crippen molar-refractivity contribution in [1.29, 1.82) is 5.26 Å². The van der Waals surface area contributed by atoms with Crippen molar-refractivity contribution in [2.45, 2.75) is 50.8 Å². The van der Waals surface area contributed by atoms with E-state index >= 15 is 0 Å². The van der Waals surface area contributed by atoms with Gasteiger partial charge in [0.25, 0.3) is 17.4 Å². The molecule has 1 saturated heterocycles. The quantitative estimate of drug-likeness (QED) is 0.0698. The minimum atomic E-state index is -4.81. The number of carbonyl (C=O) groups is 3. The van der Waals surface area contributed by atoms with E-state index in [9.17, 15) is 41.8 Å². The molecule has 5 aromatic rings. The third-order valence-electron chi connectivity index (χ3n) is 10.3. The first-order valence-electron chi connectivity index (χ1n) is 19.6. The number of ether oxygens (including phenoxy) is 1. The van der Waals surface area contributed by atoms with Gasteiger partial charge in [0, 0.05) is 62.3 Å². The Morgan fingerprint density at radius 3 is 2.30 bits per heavy atom. The van der Waals surface area contributed by atoms with Gasteiger partial charge in [-0.25, -0.2) is 9.49 Å². The molecule has 0 bridgehead atoms. The number of fused-ring (bicyclic) bond motifs is 1. The van der Waals surface area contributed by atoms with Crippen LogP contribution >= 0.6 is 0 Å². The number of nitrogens with one attached hydrogen (secondary N) is 3. The van der Waals surface area contributed by atoms with Crippen molar-refractivity contribution >= 4 is 39.9 Å². The predicted octanol–water partition coefficient (Wildman–Crippen LogP) is 6.27. The highest BCUT2D eigenvalue weighted by Crippen LogP contribution is 2.34. The number of halogens is 4. The minimum Gasteiger partial charge on any atom is -0.490 e. The molecule has 1 atom stereocenters. The molecule has 1 aliphatic heterocycles. The predicted molar refractivity (Wildman–Crippen MR) is 218 cm³/mol. The zero-order valence-corrected chi connectivity index (χ0v) is 33.2. The Balaban J connectivity index is 0.876. The number of aliphatic hydroxyl groups is 1. The summed E-state index contributed by atoms with van der Waals surface area (Å²) in [5.41, 5.74) is -2.46. The highest BCUT2D eigenvalue weighted by molar-refractivity contribution is 5.97. The van der Waals surface area contributed by atoms with E-state index < -0.39 is 47.1 Å². The average molecular weight is 842 g/mol. The number of H-pyrrole nitrogens is 1. The standard InChI is InChI=1S/C44H43F4N7O6/c1-43(60,42(59)51-31-12-11-29(26-49)36(25-31)44(46,47)48)27-61-32-15-13-30(14-16-32)50-18-6-2-3-9-39(56)54-19-21-55(22-20-54)41(58)35-23-28(10-17-37(35)45)24-38-33-7-4-5-8-34(33)40(57)53-52-38/h4-5,7-8,10-17,23,25,50,60H,2-3,6,9,18-22,24,27H2,1H3,(H,51,59)(H,53,57)/t43-/m0/s1. The first-order chi connectivity index (χ1) is 29.1. The third-order valence-corrected chi connectivity index (χ3v) is 10.3. The molecule has 4 N–H and O–H groups in total. The van der Waals surface area contributed by atoms with Crippen molar-refractivity contribution in [3.05, 3.63) is 129 Å². The number of hydrogen-bond acceptors (Lipinski definition) is 9. The fourth-order valence-corrected chi connectivity index (χ4v) is 6.82. The maximum absolute atomic E-state index is 14.9. The zero-order valence-electron chi connectivity index (χ0n) is 33.2. The molecule has 0 saturated carbocycles. The largest absolute Gasteiger partial charge is 0.490 e. The molecule has 0 aliphatic carbocycles. The first kappa shape index (κ1) is 43.8. The van der Waals surface area contributed by atoms with Crippen LogP contribution in [0.2, 0.25) is 0 Å². The van der Waals surface area contributed by atoms with Gasteiger partial charge in [-0.3, -0.25) is 19.2 Å². The van der Waals surface area contributed by atoms with Crippen molar-refractivity contribution in [2.75, 3.05) is 50.0 Å². The zero-order chi connectivity index (χ0) is 43.7. The number of carbonyl (C=O) groups excluding carboxylic acids is 3. The average Bonchev–Trinajstić information content (AvgIpc) is 3.25. The normalized spacial score (nSPS) is 13.9. The molecule has 0 radical (unpaired) electrons. The fourth-order valence-electron chi connectivity index (χ4n) is 6.82. The number of unbranched alkanes of at least 4 members (excludes halogenated alkanes) is 2.